The average molecular weight is 244 g/mol. The molecule has 0 spiro atoms. The molecule has 0 heterocycles. The molecule has 1 rings (SSSR count). The van der Waals surface area contributed by atoms with E-state index in [0.717, 1.165) is 24.8 Å². The number of allylic oxidation sites excluding steroid dienone is 2. The molecule has 0 saturated carbocycles. The van der Waals surface area contributed by atoms with Gasteiger partial charge in [-0.05, 0) is 24.8 Å². The topological polar surface area (TPSA) is 26.3 Å². The zero-order chi connectivity index (χ0) is 13.2. The van der Waals surface area contributed by atoms with Crippen LogP contribution < -0.4 is 0 Å². The normalized spacial score (nSPS) is 10.5. The summed E-state index contributed by atoms with van der Waals surface area (Å²) in [6.45, 7) is 5.94. The van der Waals surface area contributed by atoms with E-state index in [1.54, 1.807) is 0 Å². The molecule has 0 aliphatic carbocycles. The van der Waals surface area contributed by atoms with Crippen molar-refractivity contribution in [2.75, 3.05) is 6.61 Å². The molecule has 0 aromatic heterocycles. The van der Waals surface area contributed by atoms with Gasteiger partial charge in [-0.15, -0.1) is 0 Å². The minimum Gasteiger partial charge on any atom is -0.466 e. The van der Waals surface area contributed by atoms with Gasteiger partial charge in [0.15, 0.2) is 0 Å². The molecule has 0 unspecified atom stereocenters. The SMILES string of the molecule is C=C(/C=C/c1ccccc1)CCCCOC(C)=O. The lowest BCUT2D eigenvalue weighted by atomic mass is 10.1. The van der Waals surface area contributed by atoms with E-state index in [1.165, 1.54) is 12.5 Å². The summed E-state index contributed by atoms with van der Waals surface area (Å²) in [5, 5.41) is 0. The van der Waals surface area contributed by atoms with Crippen molar-refractivity contribution < 1.29 is 9.53 Å². The fraction of sp³-hybridized carbons (Fsp3) is 0.312. The molecule has 1 aromatic rings. The maximum atomic E-state index is 10.5. The van der Waals surface area contributed by atoms with Crippen molar-refractivity contribution >= 4 is 12.0 Å². The fourth-order valence-electron chi connectivity index (χ4n) is 1.53. The van der Waals surface area contributed by atoms with E-state index in [1.807, 2.05) is 24.3 Å². The lowest BCUT2D eigenvalue weighted by Crippen LogP contribution is -2.00. The van der Waals surface area contributed by atoms with Gasteiger partial charge in [0.05, 0.1) is 6.61 Å². The van der Waals surface area contributed by atoms with Gasteiger partial charge in [0, 0.05) is 6.92 Å². The van der Waals surface area contributed by atoms with Crippen LogP contribution in [0.25, 0.3) is 6.08 Å². The second-order valence-corrected chi connectivity index (χ2v) is 4.20. The molecule has 0 fully saturated rings. The van der Waals surface area contributed by atoms with Crippen LogP contribution in [0, 0.1) is 0 Å². The van der Waals surface area contributed by atoms with Gasteiger partial charge < -0.3 is 4.74 Å². The molecule has 0 N–H and O–H groups in total. The molecule has 2 nitrogen and oxygen atoms in total. The van der Waals surface area contributed by atoms with Gasteiger partial charge in [0.25, 0.3) is 0 Å². The van der Waals surface area contributed by atoms with Crippen molar-refractivity contribution in [1.82, 2.24) is 0 Å². The minimum absolute atomic E-state index is 0.210. The van der Waals surface area contributed by atoms with E-state index in [4.69, 9.17) is 4.74 Å². The Hall–Kier alpha value is -1.83. The van der Waals surface area contributed by atoms with Gasteiger partial charge >= 0.3 is 5.97 Å². The van der Waals surface area contributed by atoms with Crippen LogP contribution in [0.3, 0.4) is 0 Å². The Morgan fingerprint density at radius 2 is 2.00 bits per heavy atom. The van der Waals surface area contributed by atoms with Gasteiger partial charge in [-0.2, -0.15) is 0 Å². The lowest BCUT2D eigenvalue weighted by Gasteiger charge is -2.02. The first-order valence-electron chi connectivity index (χ1n) is 6.23. The Morgan fingerprint density at radius 3 is 2.67 bits per heavy atom. The van der Waals surface area contributed by atoms with Crippen molar-refractivity contribution in [3.63, 3.8) is 0 Å². The van der Waals surface area contributed by atoms with Gasteiger partial charge in [0.1, 0.15) is 0 Å². The summed E-state index contributed by atoms with van der Waals surface area (Å²) in [5.41, 5.74) is 2.28. The number of hydrogen-bond acceptors (Lipinski definition) is 2. The van der Waals surface area contributed by atoms with Crippen LogP contribution in [0.1, 0.15) is 31.7 Å². The second kappa shape index (κ2) is 8.29. The summed E-state index contributed by atoms with van der Waals surface area (Å²) >= 11 is 0. The molecule has 0 aliphatic rings. The largest absolute Gasteiger partial charge is 0.466 e. The minimum atomic E-state index is -0.210. The van der Waals surface area contributed by atoms with E-state index in [-0.39, 0.29) is 5.97 Å². The van der Waals surface area contributed by atoms with Crippen molar-refractivity contribution in [3.8, 4) is 0 Å². The Morgan fingerprint density at radius 1 is 1.28 bits per heavy atom. The highest BCUT2D eigenvalue weighted by Gasteiger charge is 1.94. The van der Waals surface area contributed by atoms with Crippen LogP contribution in [0.5, 0.6) is 0 Å². The molecule has 96 valence electrons. The summed E-state index contributed by atoms with van der Waals surface area (Å²) in [5.74, 6) is -0.210. The first kappa shape index (κ1) is 14.2. The predicted octanol–water partition coefficient (Wildman–Crippen LogP) is 3.99. The second-order valence-electron chi connectivity index (χ2n) is 4.20. The maximum Gasteiger partial charge on any atom is 0.302 e. The highest BCUT2D eigenvalue weighted by atomic mass is 16.5. The fourth-order valence-corrected chi connectivity index (χ4v) is 1.53. The van der Waals surface area contributed by atoms with E-state index in [0.29, 0.717) is 6.61 Å². The monoisotopic (exact) mass is 244 g/mol. The van der Waals surface area contributed by atoms with Crippen LogP contribution in [0.4, 0.5) is 0 Å². The molecular formula is C16H20O2. The first-order chi connectivity index (χ1) is 8.68. The number of esters is 1. The summed E-state index contributed by atoms with van der Waals surface area (Å²) < 4.78 is 4.87. The van der Waals surface area contributed by atoms with Gasteiger partial charge in [-0.25, -0.2) is 0 Å². The van der Waals surface area contributed by atoms with Crippen LogP contribution >= 0.6 is 0 Å². The number of carbonyl (C=O) groups excluding carboxylic acids is 1. The summed E-state index contributed by atoms with van der Waals surface area (Å²) in [6, 6.07) is 10.2. The molecule has 0 amide bonds. The molecule has 18 heavy (non-hydrogen) atoms. The molecule has 0 atom stereocenters. The third kappa shape index (κ3) is 6.69. The zero-order valence-electron chi connectivity index (χ0n) is 10.9. The first-order valence-corrected chi connectivity index (χ1v) is 6.23. The standard InChI is InChI=1S/C16H20O2/c1-14(8-6-7-13-18-15(2)17)11-12-16-9-4-3-5-10-16/h3-5,9-12H,1,6-8,13H2,2H3/b12-11+. The van der Waals surface area contributed by atoms with Crippen molar-refractivity contribution in [2.45, 2.75) is 26.2 Å². The summed E-state index contributed by atoms with van der Waals surface area (Å²) in [4.78, 5) is 10.5. The average Bonchev–Trinajstić information content (AvgIpc) is 2.37. The van der Waals surface area contributed by atoms with Crippen LogP contribution in [0.15, 0.2) is 48.6 Å². The van der Waals surface area contributed by atoms with Crippen LogP contribution in [-0.4, -0.2) is 12.6 Å². The van der Waals surface area contributed by atoms with Gasteiger partial charge in [0.2, 0.25) is 0 Å². The molecular weight excluding hydrogens is 224 g/mol. The van der Waals surface area contributed by atoms with Crippen LogP contribution in [0.2, 0.25) is 0 Å². The van der Waals surface area contributed by atoms with Crippen LogP contribution in [-0.2, 0) is 9.53 Å². The number of ether oxygens (including phenoxy) is 1. The lowest BCUT2D eigenvalue weighted by molar-refractivity contribution is -0.141. The Bertz CT molecular complexity index is 404. The smallest absolute Gasteiger partial charge is 0.302 e. The number of carbonyl (C=O) groups is 1. The third-order valence-corrected chi connectivity index (χ3v) is 2.51. The highest BCUT2D eigenvalue weighted by Crippen LogP contribution is 2.10. The molecule has 2 heteroatoms. The molecule has 1 aromatic carbocycles. The van der Waals surface area contributed by atoms with Gasteiger partial charge in [-0.1, -0.05) is 54.6 Å². The number of hydrogen-bond donors (Lipinski definition) is 0. The van der Waals surface area contributed by atoms with E-state index in [9.17, 15) is 4.79 Å². The summed E-state index contributed by atoms with van der Waals surface area (Å²) in [6.07, 6.45) is 6.92. The third-order valence-electron chi connectivity index (χ3n) is 2.51. The quantitative estimate of drug-likeness (QED) is 0.412. The Kier molecular flexibility index (Phi) is 6.55. The van der Waals surface area contributed by atoms with E-state index in [2.05, 4.69) is 24.8 Å². The Balaban J connectivity index is 2.18. The Labute approximate surface area is 109 Å². The number of unbranched alkanes of at least 4 members (excludes halogenated alkanes) is 1. The van der Waals surface area contributed by atoms with E-state index < -0.39 is 0 Å². The maximum absolute atomic E-state index is 10.5. The van der Waals surface area contributed by atoms with Gasteiger partial charge in [-0.3, -0.25) is 4.79 Å². The highest BCUT2D eigenvalue weighted by molar-refractivity contribution is 5.65. The number of benzene rings is 1. The molecule has 0 radical (unpaired) electrons. The van der Waals surface area contributed by atoms with E-state index >= 15 is 0 Å². The molecule has 0 saturated heterocycles. The predicted molar refractivity (Wildman–Crippen MR) is 75.1 cm³/mol. The van der Waals surface area contributed by atoms with Crippen molar-refractivity contribution in [3.05, 3.63) is 54.1 Å². The molecule has 0 bridgehead atoms. The van der Waals surface area contributed by atoms with Crippen molar-refractivity contribution in [1.29, 1.82) is 0 Å². The number of rotatable bonds is 7. The van der Waals surface area contributed by atoms with Crippen molar-refractivity contribution in [2.24, 2.45) is 0 Å². The summed E-state index contributed by atoms with van der Waals surface area (Å²) in [7, 11) is 0. The molecule has 0 aliphatic heterocycles. The zero-order valence-corrected chi connectivity index (χ0v) is 10.9.